The second-order valence-corrected chi connectivity index (χ2v) is 5.20. The van der Waals surface area contributed by atoms with Gasteiger partial charge in [0.25, 0.3) is 5.91 Å². The minimum absolute atomic E-state index is 0.0199. The van der Waals surface area contributed by atoms with E-state index in [1.165, 1.54) is 4.90 Å². The van der Waals surface area contributed by atoms with Gasteiger partial charge < -0.3 is 21.1 Å². The fourth-order valence-electron chi connectivity index (χ4n) is 1.66. The molecule has 1 rings (SSSR count). The van der Waals surface area contributed by atoms with Crippen molar-refractivity contribution in [1.29, 1.82) is 0 Å². The Morgan fingerprint density at radius 2 is 2.11 bits per heavy atom. The first-order valence-corrected chi connectivity index (χ1v) is 6.33. The summed E-state index contributed by atoms with van der Waals surface area (Å²) in [6.07, 6.45) is 0.730. The first-order valence-electron chi connectivity index (χ1n) is 6.33. The minimum atomic E-state index is -0.477. The summed E-state index contributed by atoms with van der Waals surface area (Å²) in [6.45, 7) is 3.86. The highest BCUT2D eigenvalue weighted by molar-refractivity contribution is 6.00. The summed E-state index contributed by atoms with van der Waals surface area (Å²) in [5.74, 6) is -0.0982. The first kappa shape index (κ1) is 15.3. The number of amides is 1. The third kappa shape index (κ3) is 3.61. The predicted octanol–water partition coefficient (Wildman–Crippen LogP) is 1.54. The second-order valence-electron chi connectivity index (χ2n) is 5.20. The number of nitrogens with zero attached hydrogens (tertiary/aromatic N) is 1. The number of carbonyl (C=O) groups is 1. The zero-order valence-electron chi connectivity index (χ0n) is 12.0. The van der Waals surface area contributed by atoms with Gasteiger partial charge in [-0.3, -0.25) is 4.79 Å². The molecule has 1 aromatic carbocycles. The van der Waals surface area contributed by atoms with Gasteiger partial charge in [0.05, 0.1) is 17.7 Å². The molecule has 19 heavy (non-hydrogen) atoms. The Hall–Kier alpha value is -1.75. The summed E-state index contributed by atoms with van der Waals surface area (Å²) in [4.78, 5) is 13.6. The summed E-state index contributed by atoms with van der Waals surface area (Å²) in [6, 6.07) is 5.12. The predicted molar refractivity (Wildman–Crippen MR) is 78.3 cm³/mol. The maximum atomic E-state index is 12.1. The second kappa shape index (κ2) is 5.93. The lowest BCUT2D eigenvalue weighted by atomic mass is 9.98. The number of benzene rings is 1. The third-order valence-electron chi connectivity index (χ3n) is 3.25. The van der Waals surface area contributed by atoms with Gasteiger partial charge in [-0.25, -0.2) is 0 Å². The van der Waals surface area contributed by atoms with Crippen molar-refractivity contribution in [2.45, 2.75) is 25.8 Å². The number of anilines is 2. The van der Waals surface area contributed by atoms with Gasteiger partial charge in [-0.15, -0.1) is 0 Å². The Balaban J connectivity index is 3.18. The lowest BCUT2D eigenvalue weighted by molar-refractivity contribution is 0.0828. The van der Waals surface area contributed by atoms with Gasteiger partial charge in [0, 0.05) is 25.5 Å². The van der Waals surface area contributed by atoms with Gasteiger partial charge in [-0.2, -0.15) is 0 Å². The smallest absolute Gasteiger partial charge is 0.255 e. The number of hydrogen-bond donors (Lipinski definition) is 3. The molecule has 0 radical (unpaired) electrons. The summed E-state index contributed by atoms with van der Waals surface area (Å²) in [7, 11) is 3.40. The van der Waals surface area contributed by atoms with Crippen LogP contribution in [0.1, 0.15) is 30.6 Å². The van der Waals surface area contributed by atoms with Gasteiger partial charge in [0.2, 0.25) is 0 Å². The average Bonchev–Trinajstić information content (AvgIpc) is 2.38. The van der Waals surface area contributed by atoms with Crippen LogP contribution in [-0.2, 0) is 0 Å². The van der Waals surface area contributed by atoms with E-state index < -0.39 is 5.54 Å². The molecule has 5 nitrogen and oxygen atoms in total. The van der Waals surface area contributed by atoms with Crippen molar-refractivity contribution in [2.24, 2.45) is 0 Å². The number of aliphatic hydroxyl groups excluding tert-OH is 1. The molecule has 4 N–H and O–H groups in total. The maximum absolute atomic E-state index is 12.1. The molecule has 0 fully saturated rings. The number of aliphatic hydroxyl groups is 1. The molecule has 0 bridgehead atoms. The van der Waals surface area contributed by atoms with E-state index in [4.69, 9.17) is 5.73 Å². The summed E-state index contributed by atoms with van der Waals surface area (Å²) in [5, 5.41) is 12.7. The number of nitrogens with one attached hydrogen (secondary N) is 1. The minimum Gasteiger partial charge on any atom is -0.399 e. The van der Waals surface area contributed by atoms with Crippen LogP contribution < -0.4 is 11.1 Å². The van der Waals surface area contributed by atoms with E-state index in [0.717, 1.165) is 6.42 Å². The number of carbonyl (C=O) groups excluding carboxylic acids is 1. The van der Waals surface area contributed by atoms with E-state index >= 15 is 0 Å². The van der Waals surface area contributed by atoms with Crippen LogP contribution in [0.2, 0.25) is 0 Å². The molecule has 0 heterocycles. The van der Waals surface area contributed by atoms with Crippen molar-refractivity contribution in [3.05, 3.63) is 23.8 Å². The highest BCUT2D eigenvalue weighted by Gasteiger charge is 2.23. The largest absolute Gasteiger partial charge is 0.399 e. The number of nitrogen functional groups attached to an aromatic ring is 1. The molecule has 1 amide bonds. The lowest BCUT2D eigenvalue weighted by Gasteiger charge is -2.30. The van der Waals surface area contributed by atoms with Gasteiger partial charge in [-0.05, 0) is 31.5 Å². The number of hydrogen-bond acceptors (Lipinski definition) is 4. The average molecular weight is 265 g/mol. The number of rotatable bonds is 5. The zero-order chi connectivity index (χ0) is 14.6. The van der Waals surface area contributed by atoms with Crippen LogP contribution in [0.15, 0.2) is 18.2 Å². The molecule has 106 valence electrons. The van der Waals surface area contributed by atoms with Gasteiger partial charge >= 0.3 is 0 Å². The van der Waals surface area contributed by atoms with Gasteiger partial charge in [0.15, 0.2) is 0 Å². The topological polar surface area (TPSA) is 78.6 Å². The number of nitrogens with two attached hydrogens (primary N) is 1. The standard InChI is InChI=1S/C14H23N3O2/c1-5-14(2,9-18)16-12-8-10(15)6-7-11(12)13(19)17(3)4/h6-8,16,18H,5,9,15H2,1-4H3. The van der Waals surface area contributed by atoms with Crippen molar-refractivity contribution in [1.82, 2.24) is 4.90 Å². The molecular formula is C14H23N3O2. The molecule has 0 saturated heterocycles. The van der Waals surface area contributed by atoms with Crippen LogP contribution in [0.25, 0.3) is 0 Å². The highest BCUT2D eigenvalue weighted by atomic mass is 16.3. The maximum Gasteiger partial charge on any atom is 0.255 e. The van der Waals surface area contributed by atoms with Crippen LogP contribution in [0, 0.1) is 0 Å². The molecule has 0 aromatic heterocycles. The molecule has 0 aliphatic rings. The quantitative estimate of drug-likeness (QED) is 0.706. The van der Waals surface area contributed by atoms with Crippen molar-refractivity contribution < 1.29 is 9.90 Å². The Morgan fingerprint density at radius 1 is 1.47 bits per heavy atom. The van der Waals surface area contributed by atoms with Crippen molar-refractivity contribution in [3.8, 4) is 0 Å². The summed E-state index contributed by atoms with van der Waals surface area (Å²) in [5.41, 5.74) is 7.08. The SMILES string of the molecule is CCC(C)(CO)Nc1cc(N)ccc1C(=O)N(C)C. The highest BCUT2D eigenvalue weighted by Crippen LogP contribution is 2.25. The molecule has 0 aliphatic heterocycles. The zero-order valence-corrected chi connectivity index (χ0v) is 12.0. The monoisotopic (exact) mass is 265 g/mol. The molecule has 1 atom stereocenters. The van der Waals surface area contributed by atoms with E-state index in [1.54, 1.807) is 32.3 Å². The Labute approximate surface area is 114 Å². The summed E-state index contributed by atoms with van der Waals surface area (Å²) < 4.78 is 0. The lowest BCUT2D eigenvalue weighted by Crippen LogP contribution is -2.39. The van der Waals surface area contributed by atoms with E-state index in [-0.39, 0.29) is 12.5 Å². The van der Waals surface area contributed by atoms with E-state index in [9.17, 15) is 9.90 Å². The Kier molecular flexibility index (Phi) is 4.78. The van der Waals surface area contributed by atoms with Crippen LogP contribution in [0.3, 0.4) is 0 Å². The van der Waals surface area contributed by atoms with Crippen molar-refractivity contribution in [3.63, 3.8) is 0 Å². The van der Waals surface area contributed by atoms with E-state index in [0.29, 0.717) is 16.9 Å². The molecule has 0 aliphatic carbocycles. The normalized spacial score (nSPS) is 13.7. The third-order valence-corrected chi connectivity index (χ3v) is 3.25. The molecule has 0 spiro atoms. The fourth-order valence-corrected chi connectivity index (χ4v) is 1.66. The van der Waals surface area contributed by atoms with Crippen LogP contribution in [0.4, 0.5) is 11.4 Å². The van der Waals surface area contributed by atoms with Crippen molar-refractivity contribution >= 4 is 17.3 Å². The summed E-state index contributed by atoms with van der Waals surface area (Å²) >= 11 is 0. The van der Waals surface area contributed by atoms with Crippen molar-refractivity contribution in [2.75, 3.05) is 31.8 Å². The van der Waals surface area contributed by atoms with Crippen LogP contribution in [-0.4, -0.2) is 42.2 Å². The molecule has 1 aromatic rings. The van der Waals surface area contributed by atoms with Gasteiger partial charge in [0.1, 0.15) is 0 Å². The first-order chi connectivity index (χ1) is 8.83. The van der Waals surface area contributed by atoms with E-state index in [1.807, 2.05) is 13.8 Å². The molecule has 0 saturated carbocycles. The molecule has 5 heteroatoms. The molecule has 1 unspecified atom stereocenters. The van der Waals surface area contributed by atoms with Crippen LogP contribution >= 0.6 is 0 Å². The van der Waals surface area contributed by atoms with Gasteiger partial charge in [-0.1, -0.05) is 6.92 Å². The molecular weight excluding hydrogens is 242 g/mol. The van der Waals surface area contributed by atoms with E-state index in [2.05, 4.69) is 5.32 Å². The Bertz CT molecular complexity index is 454. The Morgan fingerprint density at radius 3 is 2.58 bits per heavy atom. The fraction of sp³-hybridized carbons (Fsp3) is 0.500. The van der Waals surface area contributed by atoms with Crippen LogP contribution in [0.5, 0.6) is 0 Å².